The van der Waals surface area contributed by atoms with Crippen LogP contribution in [0, 0.1) is 0 Å². The van der Waals surface area contributed by atoms with Crippen LogP contribution in [-0.4, -0.2) is 20.7 Å². The van der Waals surface area contributed by atoms with Crippen LogP contribution in [0.3, 0.4) is 0 Å². The number of carbonyl (C=O) groups excluding carboxylic acids is 1. The summed E-state index contributed by atoms with van der Waals surface area (Å²) < 4.78 is 0. The minimum absolute atomic E-state index is 0.137. The van der Waals surface area contributed by atoms with Gasteiger partial charge in [-0.05, 0) is 0 Å². The largest absolute Gasteiger partial charge is 0.287 e. The van der Waals surface area contributed by atoms with Gasteiger partial charge >= 0.3 is 0 Å². The van der Waals surface area contributed by atoms with Gasteiger partial charge in [-0.1, -0.05) is 0 Å². The van der Waals surface area contributed by atoms with Gasteiger partial charge in [0.05, 0.1) is 11.1 Å². The molecule has 0 fully saturated rings. The molecule has 0 aliphatic heterocycles. The quantitative estimate of drug-likeness (QED) is 0.668. The molecule has 0 amide bonds. The molecule has 0 saturated carbocycles. The molecule has 0 aliphatic carbocycles. The van der Waals surface area contributed by atoms with Gasteiger partial charge in [-0.15, -0.1) is 11.3 Å². The first-order valence-electron chi connectivity index (χ1n) is 3.56. The van der Waals surface area contributed by atoms with Crippen molar-refractivity contribution in [1.82, 2.24) is 15.0 Å². The zero-order valence-electron chi connectivity index (χ0n) is 6.54. The summed E-state index contributed by atoms with van der Waals surface area (Å²) in [5.74, 6) is -0.137. The highest BCUT2D eigenvalue weighted by Crippen LogP contribution is 2.07. The Kier molecular flexibility index (Phi) is 2.09. The summed E-state index contributed by atoms with van der Waals surface area (Å²) in [6, 6.07) is 0. The molecule has 2 aromatic heterocycles. The number of hydrogen-bond donors (Lipinski definition) is 0. The van der Waals surface area contributed by atoms with Gasteiger partial charge in [0.15, 0.2) is 0 Å². The first-order chi connectivity index (χ1) is 6.38. The zero-order chi connectivity index (χ0) is 9.10. The van der Waals surface area contributed by atoms with E-state index in [9.17, 15) is 4.79 Å². The molecular weight excluding hydrogens is 186 g/mol. The molecule has 0 N–H and O–H groups in total. The fourth-order valence-corrected chi connectivity index (χ4v) is 1.42. The van der Waals surface area contributed by atoms with E-state index in [0.29, 0.717) is 11.3 Å². The standard InChI is InChI=1S/C8H5N3OS/c12-8(7-3-13-5-11-7)6-1-9-4-10-2-6/h1-5H. The maximum Gasteiger partial charge on any atom is 0.215 e. The van der Waals surface area contributed by atoms with Gasteiger partial charge in [0.1, 0.15) is 12.0 Å². The highest BCUT2D eigenvalue weighted by molar-refractivity contribution is 7.07. The molecule has 0 bridgehead atoms. The normalized spacial score (nSPS) is 9.85. The third-order valence-corrected chi connectivity index (χ3v) is 2.07. The lowest BCUT2D eigenvalue weighted by Crippen LogP contribution is -2.02. The first-order valence-corrected chi connectivity index (χ1v) is 4.50. The van der Waals surface area contributed by atoms with Crippen LogP contribution in [0.4, 0.5) is 0 Å². The second kappa shape index (κ2) is 3.40. The van der Waals surface area contributed by atoms with Crippen LogP contribution in [0.5, 0.6) is 0 Å². The van der Waals surface area contributed by atoms with Gasteiger partial charge in [-0.25, -0.2) is 15.0 Å². The Hall–Kier alpha value is -1.62. The van der Waals surface area contributed by atoms with Gasteiger partial charge < -0.3 is 0 Å². The highest BCUT2D eigenvalue weighted by atomic mass is 32.1. The first kappa shape index (κ1) is 8.00. The van der Waals surface area contributed by atoms with Crippen molar-refractivity contribution in [2.45, 2.75) is 0 Å². The van der Waals surface area contributed by atoms with E-state index in [1.54, 1.807) is 10.9 Å². The van der Waals surface area contributed by atoms with E-state index in [4.69, 9.17) is 0 Å². The van der Waals surface area contributed by atoms with E-state index >= 15 is 0 Å². The topological polar surface area (TPSA) is 55.7 Å². The van der Waals surface area contributed by atoms with Crippen LogP contribution in [0.25, 0.3) is 0 Å². The van der Waals surface area contributed by atoms with Crippen LogP contribution in [0.1, 0.15) is 16.1 Å². The van der Waals surface area contributed by atoms with Gasteiger partial charge in [0.2, 0.25) is 5.78 Å². The number of thiazole rings is 1. The second-order valence-electron chi connectivity index (χ2n) is 2.33. The van der Waals surface area contributed by atoms with Crippen molar-refractivity contribution in [2.24, 2.45) is 0 Å². The third kappa shape index (κ3) is 1.59. The maximum atomic E-state index is 11.6. The third-order valence-electron chi connectivity index (χ3n) is 1.49. The molecular formula is C8H5N3OS. The minimum atomic E-state index is -0.137. The second-order valence-corrected chi connectivity index (χ2v) is 3.05. The SMILES string of the molecule is O=C(c1cncnc1)c1cscn1. The molecule has 0 aliphatic rings. The molecule has 2 heterocycles. The summed E-state index contributed by atoms with van der Waals surface area (Å²) in [6.07, 6.45) is 4.35. The van der Waals surface area contributed by atoms with Gasteiger partial charge in [-0.3, -0.25) is 4.79 Å². The van der Waals surface area contributed by atoms with E-state index in [2.05, 4.69) is 15.0 Å². The van der Waals surface area contributed by atoms with Crippen LogP contribution >= 0.6 is 11.3 Å². The predicted octanol–water partition coefficient (Wildman–Crippen LogP) is 1.16. The molecule has 5 heteroatoms. The Balaban J connectivity index is 2.34. The Morgan fingerprint density at radius 2 is 2.08 bits per heavy atom. The molecule has 64 valence electrons. The van der Waals surface area contributed by atoms with Crippen LogP contribution in [0.2, 0.25) is 0 Å². The number of nitrogens with zero attached hydrogens (tertiary/aromatic N) is 3. The van der Waals surface area contributed by atoms with Gasteiger partial charge in [0, 0.05) is 17.8 Å². The Morgan fingerprint density at radius 1 is 1.31 bits per heavy atom. The molecule has 0 saturated heterocycles. The molecule has 0 atom stereocenters. The summed E-state index contributed by atoms with van der Waals surface area (Å²) in [5, 5.41) is 1.70. The summed E-state index contributed by atoms with van der Waals surface area (Å²) >= 11 is 1.39. The van der Waals surface area contributed by atoms with E-state index in [1.807, 2.05) is 0 Å². The van der Waals surface area contributed by atoms with E-state index in [1.165, 1.54) is 30.1 Å². The molecule has 4 nitrogen and oxygen atoms in total. The Labute approximate surface area is 78.3 Å². The van der Waals surface area contributed by atoms with E-state index in [-0.39, 0.29) is 5.78 Å². The summed E-state index contributed by atoms with van der Waals surface area (Å²) in [5.41, 5.74) is 2.53. The van der Waals surface area contributed by atoms with Gasteiger partial charge in [-0.2, -0.15) is 0 Å². The van der Waals surface area contributed by atoms with E-state index in [0.717, 1.165) is 0 Å². The molecule has 0 radical (unpaired) electrons. The maximum absolute atomic E-state index is 11.6. The molecule has 0 unspecified atom stereocenters. The average molecular weight is 191 g/mol. The van der Waals surface area contributed by atoms with Crippen molar-refractivity contribution in [1.29, 1.82) is 0 Å². The molecule has 2 aromatic rings. The van der Waals surface area contributed by atoms with Crippen molar-refractivity contribution >= 4 is 17.1 Å². The van der Waals surface area contributed by atoms with Crippen molar-refractivity contribution in [3.8, 4) is 0 Å². The highest BCUT2D eigenvalue weighted by Gasteiger charge is 2.10. The van der Waals surface area contributed by atoms with Crippen molar-refractivity contribution in [2.75, 3.05) is 0 Å². The fraction of sp³-hybridized carbons (Fsp3) is 0. The monoisotopic (exact) mass is 191 g/mol. The van der Waals surface area contributed by atoms with E-state index < -0.39 is 0 Å². The van der Waals surface area contributed by atoms with Crippen molar-refractivity contribution in [3.63, 3.8) is 0 Å². The molecule has 0 aromatic carbocycles. The van der Waals surface area contributed by atoms with Gasteiger partial charge in [0.25, 0.3) is 0 Å². The number of ketones is 1. The molecule has 0 spiro atoms. The molecule has 2 rings (SSSR count). The van der Waals surface area contributed by atoms with Crippen molar-refractivity contribution in [3.05, 3.63) is 40.9 Å². The summed E-state index contributed by atoms with van der Waals surface area (Å²) in [6.45, 7) is 0. The lowest BCUT2D eigenvalue weighted by atomic mass is 10.2. The lowest BCUT2D eigenvalue weighted by Gasteiger charge is -1.93. The number of carbonyl (C=O) groups is 1. The van der Waals surface area contributed by atoms with Crippen molar-refractivity contribution < 1.29 is 4.79 Å². The average Bonchev–Trinajstić information content (AvgIpc) is 2.71. The van der Waals surface area contributed by atoms with Crippen LogP contribution in [-0.2, 0) is 0 Å². The predicted molar refractivity (Wildman–Crippen MR) is 47.6 cm³/mol. The summed E-state index contributed by atoms with van der Waals surface area (Å²) in [7, 11) is 0. The molecule has 13 heavy (non-hydrogen) atoms. The van der Waals surface area contributed by atoms with Crippen LogP contribution < -0.4 is 0 Å². The Bertz CT molecular complexity index is 399. The van der Waals surface area contributed by atoms with Crippen LogP contribution in [0.15, 0.2) is 29.6 Å². The number of rotatable bonds is 2. The zero-order valence-corrected chi connectivity index (χ0v) is 7.36. The fourth-order valence-electron chi connectivity index (χ4n) is 0.889. The Morgan fingerprint density at radius 3 is 2.69 bits per heavy atom. The smallest absolute Gasteiger partial charge is 0.215 e. The lowest BCUT2D eigenvalue weighted by molar-refractivity contribution is 0.103. The summed E-state index contributed by atoms with van der Waals surface area (Å²) in [4.78, 5) is 23.0. The number of aromatic nitrogens is 3. The number of hydrogen-bond acceptors (Lipinski definition) is 5. The minimum Gasteiger partial charge on any atom is -0.287 e.